The van der Waals surface area contributed by atoms with Gasteiger partial charge in [0.2, 0.25) is 5.91 Å². The zero-order valence-corrected chi connectivity index (χ0v) is 16.1. The predicted molar refractivity (Wildman–Crippen MR) is 100 cm³/mol. The fourth-order valence-corrected chi connectivity index (χ4v) is 3.37. The third-order valence-corrected chi connectivity index (χ3v) is 4.91. The van der Waals surface area contributed by atoms with Crippen molar-refractivity contribution >= 4 is 34.9 Å². The maximum atomic E-state index is 12.6. The Balaban J connectivity index is 2.25. The molecule has 1 aliphatic rings. The molecule has 2 rings (SSSR count). The molecule has 0 saturated carbocycles. The average Bonchev–Trinajstić information content (AvgIpc) is 2.90. The maximum absolute atomic E-state index is 12.6. The Kier molecular flexibility index (Phi) is 6.68. The SMILES string of the molecule is CCN(CC)C(=O)CN1C(=O)S/C(=C\c2cc(OC)ccc2OC)C1=O. The number of nitrogens with zero attached hydrogens (tertiary/aromatic N) is 2. The van der Waals surface area contributed by atoms with Crippen LogP contribution in [0.1, 0.15) is 19.4 Å². The highest BCUT2D eigenvalue weighted by atomic mass is 32.2. The molecule has 0 aromatic heterocycles. The summed E-state index contributed by atoms with van der Waals surface area (Å²) in [5.74, 6) is 0.424. The highest BCUT2D eigenvalue weighted by molar-refractivity contribution is 8.18. The van der Waals surface area contributed by atoms with Gasteiger partial charge in [0.05, 0.1) is 19.1 Å². The van der Waals surface area contributed by atoms with Crippen LogP contribution in [0.3, 0.4) is 0 Å². The Morgan fingerprint density at radius 3 is 2.46 bits per heavy atom. The van der Waals surface area contributed by atoms with Gasteiger partial charge in [-0.3, -0.25) is 19.3 Å². The molecule has 0 N–H and O–H groups in total. The summed E-state index contributed by atoms with van der Waals surface area (Å²) in [6.45, 7) is 4.51. The van der Waals surface area contributed by atoms with E-state index in [0.717, 1.165) is 16.7 Å². The molecular formula is C18H22N2O5S. The summed E-state index contributed by atoms with van der Waals surface area (Å²) in [4.78, 5) is 39.8. The first-order valence-electron chi connectivity index (χ1n) is 8.20. The van der Waals surface area contributed by atoms with E-state index in [1.807, 2.05) is 13.8 Å². The molecule has 1 aliphatic heterocycles. The normalized spacial score (nSPS) is 15.5. The standard InChI is InChI=1S/C18H22N2O5S/c1-5-19(6-2)16(21)11-20-17(22)15(26-18(20)23)10-12-9-13(24-3)7-8-14(12)25-4/h7-10H,5-6,11H2,1-4H3/b15-10-. The van der Waals surface area contributed by atoms with Gasteiger partial charge in [-0.05, 0) is 49.9 Å². The quantitative estimate of drug-likeness (QED) is 0.679. The number of imide groups is 1. The minimum atomic E-state index is -0.481. The number of ether oxygens (including phenoxy) is 2. The third-order valence-electron chi connectivity index (χ3n) is 4.01. The summed E-state index contributed by atoms with van der Waals surface area (Å²) in [7, 11) is 3.06. The average molecular weight is 378 g/mol. The van der Waals surface area contributed by atoms with E-state index in [4.69, 9.17) is 9.47 Å². The molecular weight excluding hydrogens is 356 g/mol. The Labute approximate surface area is 156 Å². The molecule has 0 spiro atoms. The number of hydrogen-bond acceptors (Lipinski definition) is 6. The first kappa shape index (κ1) is 19.8. The Bertz CT molecular complexity index is 743. The van der Waals surface area contributed by atoms with Gasteiger partial charge in [-0.15, -0.1) is 0 Å². The first-order chi connectivity index (χ1) is 12.4. The van der Waals surface area contributed by atoms with Gasteiger partial charge in [0, 0.05) is 18.7 Å². The van der Waals surface area contributed by atoms with E-state index in [2.05, 4.69) is 0 Å². The molecule has 0 aliphatic carbocycles. The molecule has 0 atom stereocenters. The molecule has 0 radical (unpaired) electrons. The van der Waals surface area contributed by atoms with Crippen molar-refractivity contribution in [3.05, 3.63) is 28.7 Å². The zero-order valence-electron chi connectivity index (χ0n) is 15.3. The van der Waals surface area contributed by atoms with E-state index in [-0.39, 0.29) is 17.4 Å². The lowest BCUT2D eigenvalue weighted by molar-refractivity contribution is -0.135. The molecule has 1 fully saturated rings. The summed E-state index contributed by atoms with van der Waals surface area (Å²) >= 11 is 0.810. The van der Waals surface area contributed by atoms with Gasteiger partial charge < -0.3 is 14.4 Å². The minimum absolute atomic E-state index is 0.244. The van der Waals surface area contributed by atoms with Crippen molar-refractivity contribution in [3.8, 4) is 11.5 Å². The van der Waals surface area contributed by atoms with Gasteiger partial charge in [0.25, 0.3) is 11.1 Å². The van der Waals surface area contributed by atoms with Crippen LogP contribution in [0.15, 0.2) is 23.1 Å². The highest BCUT2D eigenvalue weighted by Gasteiger charge is 2.37. The van der Waals surface area contributed by atoms with Gasteiger partial charge in [0.1, 0.15) is 18.0 Å². The van der Waals surface area contributed by atoms with Crippen molar-refractivity contribution < 1.29 is 23.9 Å². The Hall–Kier alpha value is -2.48. The van der Waals surface area contributed by atoms with Crippen LogP contribution in [-0.4, -0.2) is 60.7 Å². The van der Waals surface area contributed by atoms with Crippen LogP contribution in [0.5, 0.6) is 11.5 Å². The summed E-state index contributed by atoms with van der Waals surface area (Å²) in [5.41, 5.74) is 0.618. The van der Waals surface area contributed by atoms with Crippen LogP contribution in [0.4, 0.5) is 4.79 Å². The lowest BCUT2D eigenvalue weighted by Gasteiger charge is -2.21. The molecule has 26 heavy (non-hydrogen) atoms. The fourth-order valence-electron chi connectivity index (χ4n) is 2.54. The number of likely N-dealkylation sites (N-methyl/N-ethyl adjacent to an activating group) is 1. The van der Waals surface area contributed by atoms with Gasteiger partial charge in [-0.2, -0.15) is 0 Å². The molecule has 1 aromatic carbocycles. The lowest BCUT2D eigenvalue weighted by Crippen LogP contribution is -2.41. The van der Waals surface area contributed by atoms with Gasteiger partial charge in [-0.25, -0.2) is 0 Å². The number of thioether (sulfide) groups is 1. The van der Waals surface area contributed by atoms with E-state index in [1.54, 1.807) is 29.2 Å². The number of carbonyl (C=O) groups is 3. The molecule has 8 heteroatoms. The number of hydrogen-bond donors (Lipinski definition) is 0. The summed E-state index contributed by atoms with van der Waals surface area (Å²) in [5, 5.41) is -0.455. The second-order valence-corrected chi connectivity index (χ2v) is 6.43. The number of methoxy groups -OCH3 is 2. The van der Waals surface area contributed by atoms with E-state index in [1.165, 1.54) is 14.2 Å². The molecule has 1 aromatic rings. The third kappa shape index (κ3) is 4.19. The van der Waals surface area contributed by atoms with Crippen molar-refractivity contribution in [1.82, 2.24) is 9.80 Å². The lowest BCUT2D eigenvalue weighted by atomic mass is 10.1. The van der Waals surface area contributed by atoms with Crippen LogP contribution >= 0.6 is 11.8 Å². The van der Waals surface area contributed by atoms with Crippen LogP contribution in [0.2, 0.25) is 0 Å². The summed E-state index contributed by atoms with van der Waals surface area (Å²) < 4.78 is 10.5. The van der Waals surface area contributed by atoms with Crippen LogP contribution in [0.25, 0.3) is 6.08 Å². The van der Waals surface area contributed by atoms with Crippen molar-refractivity contribution in [2.75, 3.05) is 33.9 Å². The van der Waals surface area contributed by atoms with Crippen LogP contribution < -0.4 is 9.47 Å². The van der Waals surface area contributed by atoms with E-state index in [0.29, 0.717) is 30.2 Å². The summed E-state index contributed by atoms with van der Waals surface area (Å²) in [6, 6.07) is 5.18. The van der Waals surface area contributed by atoms with Gasteiger partial charge in [0.15, 0.2) is 0 Å². The first-order valence-corrected chi connectivity index (χ1v) is 9.01. The molecule has 140 valence electrons. The number of amides is 3. The van der Waals surface area contributed by atoms with Crippen molar-refractivity contribution in [1.29, 1.82) is 0 Å². The van der Waals surface area contributed by atoms with E-state index in [9.17, 15) is 14.4 Å². The smallest absolute Gasteiger partial charge is 0.294 e. The fraction of sp³-hybridized carbons (Fsp3) is 0.389. The van der Waals surface area contributed by atoms with Gasteiger partial charge in [-0.1, -0.05) is 0 Å². The van der Waals surface area contributed by atoms with Gasteiger partial charge >= 0.3 is 0 Å². The maximum Gasteiger partial charge on any atom is 0.294 e. The largest absolute Gasteiger partial charge is 0.497 e. The Morgan fingerprint density at radius 2 is 1.88 bits per heavy atom. The zero-order chi connectivity index (χ0) is 19.3. The molecule has 3 amide bonds. The highest BCUT2D eigenvalue weighted by Crippen LogP contribution is 2.35. The molecule has 1 heterocycles. The second-order valence-electron chi connectivity index (χ2n) is 5.44. The molecule has 7 nitrogen and oxygen atoms in total. The minimum Gasteiger partial charge on any atom is -0.497 e. The van der Waals surface area contributed by atoms with Crippen molar-refractivity contribution in [2.45, 2.75) is 13.8 Å². The van der Waals surface area contributed by atoms with Crippen LogP contribution in [-0.2, 0) is 9.59 Å². The molecule has 0 unspecified atom stereocenters. The molecule has 1 saturated heterocycles. The van der Waals surface area contributed by atoms with Crippen molar-refractivity contribution in [3.63, 3.8) is 0 Å². The number of rotatable bonds is 7. The Morgan fingerprint density at radius 1 is 1.19 bits per heavy atom. The van der Waals surface area contributed by atoms with Crippen LogP contribution in [0, 0.1) is 0 Å². The monoisotopic (exact) mass is 378 g/mol. The van der Waals surface area contributed by atoms with E-state index >= 15 is 0 Å². The number of benzene rings is 1. The second kappa shape index (κ2) is 8.75. The molecule has 0 bridgehead atoms. The topological polar surface area (TPSA) is 76.2 Å². The van der Waals surface area contributed by atoms with E-state index < -0.39 is 11.1 Å². The summed E-state index contributed by atoms with van der Waals surface area (Å²) in [6.07, 6.45) is 1.58. The predicted octanol–water partition coefficient (Wildman–Crippen LogP) is 2.61. The number of carbonyl (C=O) groups excluding carboxylic acids is 3. The van der Waals surface area contributed by atoms with Crippen molar-refractivity contribution in [2.24, 2.45) is 0 Å².